The highest BCUT2D eigenvalue weighted by Crippen LogP contribution is 2.10. The van der Waals surface area contributed by atoms with E-state index in [1.54, 1.807) is 23.7 Å². The van der Waals surface area contributed by atoms with Gasteiger partial charge in [-0.05, 0) is 17.7 Å². The van der Waals surface area contributed by atoms with Crippen molar-refractivity contribution in [2.75, 3.05) is 5.32 Å². The van der Waals surface area contributed by atoms with Crippen LogP contribution in [0.25, 0.3) is 0 Å². The van der Waals surface area contributed by atoms with E-state index >= 15 is 0 Å². The van der Waals surface area contributed by atoms with E-state index in [2.05, 4.69) is 15.6 Å². The molecule has 106 valence electrons. The largest absolute Gasteiger partial charge is 0.334 e. The van der Waals surface area contributed by atoms with Crippen molar-refractivity contribution < 1.29 is 13.2 Å². The molecule has 4 N–H and O–H groups in total. The Kier molecular flexibility index (Phi) is 4.32. The number of hydrogen-bond donors (Lipinski definition) is 3. The molecule has 0 aliphatic heterocycles. The molecule has 9 heteroatoms. The van der Waals surface area contributed by atoms with Gasteiger partial charge in [0.25, 0.3) is 0 Å². The predicted molar refractivity (Wildman–Crippen MR) is 75.8 cm³/mol. The molecule has 20 heavy (non-hydrogen) atoms. The van der Waals surface area contributed by atoms with E-state index in [0.29, 0.717) is 5.13 Å². The van der Waals surface area contributed by atoms with Crippen molar-refractivity contribution in [2.24, 2.45) is 5.14 Å². The van der Waals surface area contributed by atoms with Gasteiger partial charge >= 0.3 is 6.03 Å². The van der Waals surface area contributed by atoms with E-state index in [1.165, 1.54) is 23.5 Å². The zero-order valence-electron chi connectivity index (χ0n) is 10.2. The van der Waals surface area contributed by atoms with Crippen LogP contribution in [0, 0.1) is 0 Å². The molecule has 2 rings (SSSR count). The lowest BCUT2D eigenvalue weighted by Crippen LogP contribution is -2.28. The van der Waals surface area contributed by atoms with Crippen LogP contribution in [-0.2, 0) is 16.6 Å². The van der Waals surface area contributed by atoms with Crippen LogP contribution in [0.2, 0.25) is 0 Å². The summed E-state index contributed by atoms with van der Waals surface area (Å²) in [4.78, 5) is 15.5. The number of sulfonamides is 1. The summed E-state index contributed by atoms with van der Waals surface area (Å²) in [6.45, 7) is 0.266. The average molecular weight is 312 g/mol. The molecule has 0 radical (unpaired) electrons. The minimum atomic E-state index is -3.69. The Morgan fingerprint density at radius 1 is 1.30 bits per heavy atom. The van der Waals surface area contributed by atoms with Gasteiger partial charge in [0.15, 0.2) is 5.13 Å². The number of urea groups is 1. The third kappa shape index (κ3) is 4.02. The first-order chi connectivity index (χ1) is 9.45. The van der Waals surface area contributed by atoms with Gasteiger partial charge in [0.1, 0.15) is 0 Å². The van der Waals surface area contributed by atoms with Crippen molar-refractivity contribution >= 4 is 32.5 Å². The van der Waals surface area contributed by atoms with E-state index < -0.39 is 10.0 Å². The first-order valence-corrected chi connectivity index (χ1v) is 7.94. The second-order valence-corrected chi connectivity index (χ2v) is 6.29. The summed E-state index contributed by atoms with van der Waals surface area (Å²) < 4.78 is 22.2. The Balaban J connectivity index is 1.89. The molecule has 2 aromatic rings. The highest BCUT2D eigenvalue weighted by molar-refractivity contribution is 7.89. The number of anilines is 1. The summed E-state index contributed by atoms with van der Waals surface area (Å²) in [6.07, 6.45) is 1.59. The molecule has 1 aromatic heterocycles. The van der Waals surface area contributed by atoms with Gasteiger partial charge in [0, 0.05) is 18.1 Å². The van der Waals surface area contributed by atoms with Gasteiger partial charge in [-0.2, -0.15) is 0 Å². The fourth-order valence-corrected chi connectivity index (χ4v) is 2.45. The maximum Gasteiger partial charge on any atom is 0.321 e. The van der Waals surface area contributed by atoms with E-state index in [0.717, 1.165) is 5.56 Å². The Morgan fingerprint density at radius 3 is 2.55 bits per heavy atom. The Labute approximate surface area is 119 Å². The van der Waals surface area contributed by atoms with Gasteiger partial charge in [0.05, 0.1) is 4.90 Å². The smallest absolute Gasteiger partial charge is 0.321 e. The highest BCUT2D eigenvalue weighted by Gasteiger charge is 2.07. The van der Waals surface area contributed by atoms with Crippen molar-refractivity contribution in [1.29, 1.82) is 0 Å². The molecule has 0 bridgehead atoms. The van der Waals surface area contributed by atoms with Crippen LogP contribution >= 0.6 is 11.3 Å². The molecule has 0 fully saturated rings. The first-order valence-electron chi connectivity index (χ1n) is 5.51. The third-order valence-corrected chi connectivity index (χ3v) is 3.98. The number of aromatic nitrogens is 1. The van der Waals surface area contributed by atoms with Gasteiger partial charge in [-0.15, -0.1) is 11.3 Å². The van der Waals surface area contributed by atoms with Crippen LogP contribution in [0.3, 0.4) is 0 Å². The van der Waals surface area contributed by atoms with Gasteiger partial charge in [0.2, 0.25) is 10.0 Å². The van der Waals surface area contributed by atoms with Crippen molar-refractivity contribution in [2.45, 2.75) is 11.4 Å². The molecule has 0 aliphatic carbocycles. The molecule has 2 amide bonds. The van der Waals surface area contributed by atoms with Gasteiger partial charge in [-0.1, -0.05) is 12.1 Å². The minimum absolute atomic E-state index is 0.0356. The summed E-state index contributed by atoms with van der Waals surface area (Å²) in [6, 6.07) is 5.58. The number of primary sulfonamides is 1. The summed E-state index contributed by atoms with van der Waals surface area (Å²) >= 11 is 1.31. The summed E-state index contributed by atoms with van der Waals surface area (Å²) in [5.41, 5.74) is 0.756. The average Bonchev–Trinajstić information content (AvgIpc) is 2.88. The number of thiazole rings is 1. The number of rotatable bonds is 4. The van der Waals surface area contributed by atoms with Crippen LogP contribution in [-0.4, -0.2) is 19.4 Å². The Hall–Kier alpha value is -1.97. The van der Waals surface area contributed by atoms with Crippen LogP contribution < -0.4 is 15.8 Å². The monoisotopic (exact) mass is 312 g/mol. The summed E-state index contributed by atoms with van der Waals surface area (Å²) in [5.74, 6) is 0. The number of nitrogens with two attached hydrogens (primary N) is 1. The van der Waals surface area contributed by atoms with Crippen molar-refractivity contribution in [3.05, 3.63) is 41.4 Å². The van der Waals surface area contributed by atoms with Crippen molar-refractivity contribution in [3.8, 4) is 0 Å². The lowest BCUT2D eigenvalue weighted by molar-refractivity contribution is 0.251. The van der Waals surface area contributed by atoms with Crippen LogP contribution in [0.4, 0.5) is 9.93 Å². The minimum Gasteiger partial charge on any atom is -0.334 e. The molecule has 0 atom stereocenters. The fourth-order valence-electron chi connectivity index (χ4n) is 1.41. The van der Waals surface area contributed by atoms with Crippen molar-refractivity contribution in [3.63, 3.8) is 0 Å². The topological polar surface area (TPSA) is 114 Å². The number of nitrogens with zero attached hydrogens (tertiary/aromatic N) is 1. The normalized spacial score (nSPS) is 11.1. The molecule has 0 aliphatic rings. The molecule has 0 saturated carbocycles. The molecule has 0 saturated heterocycles. The van der Waals surface area contributed by atoms with Gasteiger partial charge in [-0.3, -0.25) is 5.32 Å². The number of nitrogens with one attached hydrogen (secondary N) is 2. The SMILES string of the molecule is NS(=O)(=O)c1ccc(CNC(=O)Nc2nccs2)cc1. The maximum absolute atomic E-state index is 11.5. The Bertz CT molecular complexity index is 681. The molecule has 1 aromatic carbocycles. The van der Waals surface area contributed by atoms with Gasteiger partial charge < -0.3 is 5.32 Å². The number of carbonyl (C=O) groups excluding carboxylic acids is 1. The second kappa shape index (κ2) is 5.99. The summed E-state index contributed by atoms with van der Waals surface area (Å²) in [7, 11) is -3.69. The molecule has 0 unspecified atom stereocenters. The van der Waals surface area contributed by atoms with Crippen LogP contribution in [0.15, 0.2) is 40.7 Å². The molecular formula is C11H12N4O3S2. The lowest BCUT2D eigenvalue weighted by atomic mass is 10.2. The van der Waals surface area contributed by atoms with E-state index in [1.807, 2.05) is 0 Å². The summed E-state index contributed by atoms with van der Waals surface area (Å²) in [5, 5.41) is 12.5. The zero-order valence-corrected chi connectivity index (χ0v) is 11.9. The fraction of sp³-hybridized carbons (Fsp3) is 0.0909. The first kappa shape index (κ1) is 14.4. The number of benzene rings is 1. The van der Waals surface area contributed by atoms with E-state index in [9.17, 15) is 13.2 Å². The van der Waals surface area contributed by atoms with Crippen molar-refractivity contribution in [1.82, 2.24) is 10.3 Å². The molecule has 7 nitrogen and oxygen atoms in total. The molecule has 1 heterocycles. The lowest BCUT2D eigenvalue weighted by Gasteiger charge is -2.06. The molecular weight excluding hydrogens is 300 g/mol. The third-order valence-electron chi connectivity index (χ3n) is 2.36. The molecule has 0 spiro atoms. The highest BCUT2D eigenvalue weighted by atomic mass is 32.2. The van der Waals surface area contributed by atoms with E-state index in [4.69, 9.17) is 5.14 Å². The van der Waals surface area contributed by atoms with Gasteiger partial charge in [-0.25, -0.2) is 23.3 Å². The maximum atomic E-state index is 11.5. The Morgan fingerprint density at radius 2 is 2.00 bits per heavy atom. The predicted octanol–water partition coefficient (Wildman–Crippen LogP) is 1.11. The van der Waals surface area contributed by atoms with Crippen LogP contribution in [0.1, 0.15) is 5.56 Å². The number of amides is 2. The van der Waals surface area contributed by atoms with E-state index in [-0.39, 0.29) is 17.5 Å². The zero-order chi connectivity index (χ0) is 14.6. The number of carbonyl (C=O) groups is 1. The number of hydrogen-bond acceptors (Lipinski definition) is 5. The standard InChI is InChI=1S/C11H12N4O3S2/c12-20(17,18)9-3-1-8(2-4-9)7-14-10(16)15-11-13-5-6-19-11/h1-6H,7H2,(H2,12,17,18)(H2,13,14,15,16). The van der Waals surface area contributed by atoms with Crippen LogP contribution in [0.5, 0.6) is 0 Å². The second-order valence-electron chi connectivity index (χ2n) is 3.83. The quantitative estimate of drug-likeness (QED) is 0.784.